The maximum absolute atomic E-state index is 11.0. The van der Waals surface area contributed by atoms with Gasteiger partial charge in [0.15, 0.2) is 9.84 Å². The van der Waals surface area contributed by atoms with Crippen LogP contribution in [0.2, 0.25) is 0 Å². The van der Waals surface area contributed by atoms with E-state index in [1.165, 1.54) is 12.8 Å². The second-order valence-electron chi connectivity index (χ2n) is 3.54. The van der Waals surface area contributed by atoms with Gasteiger partial charge in [-0.3, -0.25) is 0 Å². The molecule has 4 heteroatoms. The van der Waals surface area contributed by atoms with Gasteiger partial charge in [-0.25, -0.2) is 8.42 Å². The molecule has 1 saturated carbocycles. The van der Waals surface area contributed by atoms with Crippen molar-refractivity contribution in [3.05, 3.63) is 0 Å². The average Bonchev–Trinajstić information content (AvgIpc) is 2.61. The highest BCUT2D eigenvalue weighted by atomic mass is 32.2. The van der Waals surface area contributed by atoms with Gasteiger partial charge in [-0.2, -0.15) is 0 Å². The SMILES string of the molecule is O=S1(=O)CC[C@H](NC2CC2)C1. The molecule has 2 aliphatic rings. The van der Waals surface area contributed by atoms with E-state index in [1.807, 2.05) is 0 Å². The zero-order valence-electron chi connectivity index (χ0n) is 6.41. The molecule has 1 heterocycles. The van der Waals surface area contributed by atoms with Crippen molar-refractivity contribution in [2.75, 3.05) is 11.5 Å². The molecule has 2 fully saturated rings. The normalized spacial score (nSPS) is 35.8. The van der Waals surface area contributed by atoms with Crippen molar-refractivity contribution in [3.63, 3.8) is 0 Å². The van der Waals surface area contributed by atoms with Gasteiger partial charge in [-0.1, -0.05) is 0 Å². The average molecular weight is 175 g/mol. The summed E-state index contributed by atoms with van der Waals surface area (Å²) in [6.07, 6.45) is 3.28. The Labute approximate surface area is 67.1 Å². The Kier molecular flexibility index (Phi) is 1.68. The molecule has 1 saturated heterocycles. The molecular weight excluding hydrogens is 162 g/mol. The lowest BCUT2D eigenvalue weighted by atomic mass is 10.2. The maximum Gasteiger partial charge on any atom is 0.151 e. The summed E-state index contributed by atoms with van der Waals surface area (Å²) in [6.45, 7) is 0. The van der Waals surface area contributed by atoms with E-state index < -0.39 is 9.84 Å². The third-order valence-corrected chi connectivity index (χ3v) is 4.05. The highest BCUT2D eigenvalue weighted by molar-refractivity contribution is 7.91. The molecule has 0 aromatic rings. The van der Waals surface area contributed by atoms with Crippen LogP contribution in [0.25, 0.3) is 0 Å². The standard InChI is InChI=1S/C7H13NO2S/c9-11(10)4-3-7(5-11)8-6-1-2-6/h6-8H,1-5H2/t7-/m0/s1. The summed E-state index contributed by atoms with van der Waals surface area (Å²) in [5.41, 5.74) is 0. The molecule has 2 rings (SSSR count). The van der Waals surface area contributed by atoms with E-state index in [1.54, 1.807) is 0 Å². The van der Waals surface area contributed by atoms with E-state index >= 15 is 0 Å². The molecule has 11 heavy (non-hydrogen) atoms. The number of rotatable bonds is 2. The number of nitrogens with one attached hydrogen (secondary N) is 1. The van der Waals surface area contributed by atoms with Gasteiger partial charge in [0.05, 0.1) is 11.5 Å². The lowest BCUT2D eigenvalue weighted by Crippen LogP contribution is -2.31. The summed E-state index contributed by atoms with van der Waals surface area (Å²) in [7, 11) is -2.68. The van der Waals surface area contributed by atoms with Gasteiger partial charge in [0.2, 0.25) is 0 Å². The van der Waals surface area contributed by atoms with Crippen LogP contribution in [0, 0.1) is 0 Å². The summed E-state index contributed by atoms with van der Waals surface area (Å²) in [5, 5.41) is 3.33. The summed E-state index contributed by atoms with van der Waals surface area (Å²) in [4.78, 5) is 0. The van der Waals surface area contributed by atoms with Gasteiger partial charge in [-0.05, 0) is 19.3 Å². The minimum atomic E-state index is -2.68. The minimum Gasteiger partial charge on any atom is -0.310 e. The molecule has 1 aliphatic carbocycles. The van der Waals surface area contributed by atoms with Gasteiger partial charge < -0.3 is 5.32 Å². The molecular formula is C7H13NO2S. The Bertz CT molecular complexity index is 243. The van der Waals surface area contributed by atoms with Crippen molar-refractivity contribution in [1.29, 1.82) is 0 Å². The number of hydrogen-bond donors (Lipinski definition) is 1. The predicted octanol–water partition coefficient (Wildman–Crippen LogP) is -0.0745. The van der Waals surface area contributed by atoms with Crippen molar-refractivity contribution < 1.29 is 8.42 Å². The first-order valence-corrected chi connectivity index (χ1v) is 5.94. The van der Waals surface area contributed by atoms with Crippen molar-refractivity contribution in [3.8, 4) is 0 Å². The quantitative estimate of drug-likeness (QED) is 0.639. The van der Waals surface area contributed by atoms with Crippen LogP contribution in [0.3, 0.4) is 0 Å². The lowest BCUT2D eigenvalue weighted by Gasteiger charge is -2.07. The molecule has 64 valence electrons. The predicted molar refractivity (Wildman–Crippen MR) is 43.2 cm³/mol. The molecule has 1 atom stereocenters. The lowest BCUT2D eigenvalue weighted by molar-refractivity contribution is 0.551. The Morgan fingerprint density at radius 3 is 2.27 bits per heavy atom. The molecule has 0 amide bonds. The Balaban J connectivity index is 1.88. The third-order valence-electron chi connectivity index (χ3n) is 2.28. The van der Waals surface area contributed by atoms with E-state index in [0.717, 1.165) is 6.42 Å². The first-order chi connectivity index (χ1) is 5.16. The van der Waals surface area contributed by atoms with Crippen molar-refractivity contribution >= 4 is 9.84 Å². The Hall–Kier alpha value is -0.0900. The first-order valence-electron chi connectivity index (χ1n) is 4.12. The maximum atomic E-state index is 11.0. The van der Waals surface area contributed by atoms with E-state index in [-0.39, 0.29) is 6.04 Å². The van der Waals surface area contributed by atoms with Crippen molar-refractivity contribution in [2.24, 2.45) is 0 Å². The van der Waals surface area contributed by atoms with E-state index in [4.69, 9.17) is 0 Å². The van der Waals surface area contributed by atoms with Gasteiger partial charge in [0.25, 0.3) is 0 Å². The number of sulfone groups is 1. The van der Waals surface area contributed by atoms with E-state index in [0.29, 0.717) is 17.5 Å². The van der Waals surface area contributed by atoms with Crippen LogP contribution in [-0.4, -0.2) is 32.0 Å². The van der Waals surface area contributed by atoms with Gasteiger partial charge in [0, 0.05) is 12.1 Å². The largest absolute Gasteiger partial charge is 0.310 e. The van der Waals surface area contributed by atoms with Crippen LogP contribution >= 0.6 is 0 Å². The van der Waals surface area contributed by atoms with Crippen molar-refractivity contribution in [1.82, 2.24) is 5.32 Å². The van der Waals surface area contributed by atoms with Gasteiger partial charge in [0.1, 0.15) is 0 Å². The van der Waals surface area contributed by atoms with Crippen LogP contribution in [0.5, 0.6) is 0 Å². The fraction of sp³-hybridized carbons (Fsp3) is 1.00. The van der Waals surface area contributed by atoms with E-state index in [2.05, 4.69) is 5.32 Å². The minimum absolute atomic E-state index is 0.257. The second-order valence-corrected chi connectivity index (χ2v) is 5.77. The van der Waals surface area contributed by atoms with Crippen LogP contribution in [-0.2, 0) is 9.84 Å². The smallest absolute Gasteiger partial charge is 0.151 e. The molecule has 1 aliphatic heterocycles. The van der Waals surface area contributed by atoms with E-state index in [9.17, 15) is 8.42 Å². The molecule has 3 nitrogen and oxygen atoms in total. The molecule has 0 aromatic carbocycles. The third kappa shape index (κ3) is 1.93. The Morgan fingerprint density at radius 1 is 1.09 bits per heavy atom. The summed E-state index contributed by atoms with van der Waals surface area (Å²) in [5.74, 6) is 0.751. The monoisotopic (exact) mass is 175 g/mol. The summed E-state index contributed by atoms with van der Waals surface area (Å²) in [6, 6.07) is 0.890. The van der Waals surface area contributed by atoms with Crippen LogP contribution in [0.15, 0.2) is 0 Å². The first kappa shape index (κ1) is 7.55. The van der Waals surface area contributed by atoms with Gasteiger partial charge in [-0.15, -0.1) is 0 Å². The second kappa shape index (κ2) is 2.45. The fourth-order valence-corrected chi connectivity index (χ4v) is 3.20. The molecule has 1 N–H and O–H groups in total. The van der Waals surface area contributed by atoms with Gasteiger partial charge >= 0.3 is 0 Å². The molecule has 0 spiro atoms. The fourth-order valence-electron chi connectivity index (χ4n) is 1.51. The molecule has 0 bridgehead atoms. The zero-order valence-corrected chi connectivity index (χ0v) is 7.23. The topological polar surface area (TPSA) is 46.2 Å². The summed E-state index contributed by atoms with van der Waals surface area (Å²) >= 11 is 0. The molecule has 0 unspecified atom stereocenters. The zero-order chi connectivity index (χ0) is 7.90. The number of hydrogen-bond acceptors (Lipinski definition) is 3. The van der Waals surface area contributed by atoms with Crippen LogP contribution < -0.4 is 5.32 Å². The van der Waals surface area contributed by atoms with Crippen molar-refractivity contribution in [2.45, 2.75) is 31.3 Å². The Morgan fingerprint density at radius 2 is 1.82 bits per heavy atom. The van der Waals surface area contributed by atoms with Crippen LogP contribution in [0.1, 0.15) is 19.3 Å². The molecule has 0 aromatic heterocycles. The highest BCUT2D eigenvalue weighted by Gasteiger charge is 2.32. The summed E-state index contributed by atoms with van der Waals surface area (Å²) < 4.78 is 22.0. The highest BCUT2D eigenvalue weighted by Crippen LogP contribution is 2.22. The molecule has 0 radical (unpaired) electrons. The van der Waals surface area contributed by atoms with Crippen LogP contribution in [0.4, 0.5) is 0 Å².